The summed E-state index contributed by atoms with van der Waals surface area (Å²) in [6, 6.07) is 0. The maximum Gasteiger partial charge on any atom is 0.0375 e. The zero-order valence-electron chi connectivity index (χ0n) is 3.65. The summed E-state index contributed by atoms with van der Waals surface area (Å²) in [5.74, 6) is 2.37. The summed E-state index contributed by atoms with van der Waals surface area (Å²) in [5.41, 5.74) is 0. The molecule has 0 N–H and O–H groups in total. The minimum absolute atomic E-state index is 0.816. The Balaban J connectivity index is 2.72. The average Bonchev–Trinajstić information content (AvgIpc) is 1.61. The quantitative estimate of drug-likeness (QED) is 0.266. The van der Waals surface area contributed by atoms with E-state index in [0.717, 1.165) is 6.42 Å². The number of terminal acetylenes is 1. The van der Waals surface area contributed by atoms with E-state index in [2.05, 4.69) is 12.5 Å². The predicted molar refractivity (Wildman–Crippen MR) is 27.9 cm³/mol. The first-order valence-electron chi connectivity index (χ1n) is 1.80. The summed E-state index contributed by atoms with van der Waals surface area (Å²) >= 11 is 0. The van der Waals surface area contributed by atoms with Gasteiger partial charge in [-0.3, -0.25) is 0 Å². The van der Waals surface area contributed by atoms with Crippen molar-refractivity contribution in [3.63, 3.8) is 0 Å². The van der Waals surface area contributed by atoms with Crippen molar-refractivity contribution in [1.29, 1.82) is 0 Å². The molecule has 6 heavy (non-hydrogen) atoms. The molecule has 0 saturated carbocycles. The number of rotatable bonds is 2. The first kappa shape index (κ1) is 5.30. The SMILES string of the molecule is C#C[CH]CC=C. The van der Waals surface area contributed by atoms with Gasteiger partial charge in [-0.05, 0) is 6.42 Å². The molecule has 0 aromatic heterocycles. The van der Waals surface area contributed by atoms with Crippen molar-refractivity contribution in [3.8, 4) is 12.3 Å². The zero-order chi connectivity index (χ0) is 4.83. The van der Waals surface area contributed by atoms with Crippen LogP contribution in [-0.4, -0.2) is 0 Å². The van der Waals surface area contributed by atoms with E-state index in [1.54, 1.807) is 12.5 Å². The highest BCUT2D eigenvalue weighted by Crippen LogP contribution is 1.80. The van der Waals surface area contributed by atoms with E-state index in [0.29, 0.717) is 0 Å². The summed E-state index contributed by atoms with van der Waals surface area (Å²) in [7, 11) is 0. The van der Waals surface area contributed by atoms with Gasteiger partial charge in [-0.25, -0.2) is 0 Å². The van der Waals surface area contributed by atoms with Gasteiger partial charge in [-0.2, -0.15) is 0 Å². The Morgan fingerprint density at radius 1 is 1.83 bits per heavy atom. The third kappa shape index (κ3) is 3.30. The molecule has 0 amide bonds. The Hall–Kier alpha value is -0.700. The first-order chi connectivity index (χ1) is 2.91. The predicted octanol–water partition coefficient (Wildman–Crippen LogP) is 1.40. The summed E-state index contributed by atoms with van der Waals surface area (Å²) in [4.78, 5) is 0. The highest BCUT2D eigenvalue weighted by molar-refractivity contribution is 5.03. The zero-order valence-corrected chi connectivity index (χ0v) is 3.65. The molecular weight excluding hydrogens is 72.1 g/mol. The molecule has 0 aromatic carbocycles. The van der Waals surface area contributed by atoms with E-state index in [1.165, 1.54) is 0 Å². The molecule has 31 valence electrons. The standard InChI is InChI=1S/C6H7/c1-3-5-6-4-2/h1,4-5H,2,6H2. The molecule has 0 spiro atoms. The first-order valence-corrected chi connectivity index (χ1v) is 1.80. The third-order valence-corrected chi connectivity index (χ3v) is 0.402. The van der Waals surface area contributed by atoms with E-state index in [9.17, 15) is 0 Å². The Morgan fingerprint density at radius 2 is 2.50 bits per heavy atom. The van der Waals surface area contributed by atoms with Gasteiger partial charge in [0.2, 0.25) is 0 Å². The van der Waals surface area contributed by atoms with E-state index in [-0.39, 0.29) is 0 Å². The maximum absolute atomic E-state index is 4.86. The summed E-state index contributed by atoms with van der Waals surface area (Å²) in [6.07, 6.45) is 9.16. The van der Waals surface area contributed by atoms with Gasteiger partial charge in [0.05, 0.1) is 0 Å². The van der Waals surface area contributed by atoms with Crippen LogP contribution in [0, 0.1) is 18.8 Å². The highest BCUT2D eigenvalue weighted by Gasteiger charge is 1.67. The van der Waals surface area contributed by atoms with Crippen molar-refractivity contribution < 1.29 is 0 Å². The molecule has 0 atom stereocenters. The molecule has 0 heteroatoms. The monoisotopic (exact) mass is 79.1 g/mol. The molecule has 0 aliphatic rings. The molecule has 0 rings (SSSR count). The lowest BCUT2D eigenvalue weighted by molar-refractivity contribution is 1.33. The molecule has 0 aromatic rings. The molecule has 1 radical (unpaired) electrons. The van der Waals surface area contributed by atoms with Gasteiger partial charge in [-0.1, -0.05) is 6.08 Å². The fraction of sp³-hybridized carbons (Fsp3) is 0.167. The average molecular weight is 79.1 g/mol. The molecular formula is C6H7. The Labute approximate surface area is 38.9 Å². The molecule has 0 unspecified atom stereocenters. The van der Waals surface area contributed by atoms with Crippen LogP contribution in [0.15, 0.2) is 12.7 Å². The van der Waals surface area contributed by atoms with Gasteiger partial charge in [0, 0.05) is 6.42 Å². The fourth-order valence-corrected chi connectivity index (χ4v) is 0.151. The summed E-state index contributed by atoms with van der Waals surface area (Å²) in [5, 5.41) is 0. The third-order valence-electron chi connectivity index (χ3n) is 0.402. The van der Waals surface area contributed by atoms with Gasteiger partial charge < -0.3 is 0 Å². The van der Waals surface area contributed by atoms with Crippen molar-refractivity contribution in [1.82, 2.24) is 0 Å². The number of unbranched alkanes of at least 4 members (excludes halogenated alkanes) is 1. The highest BCUT2D eigenvalue weighted by atomic mass is 13.7. The molecule has 0 aliphatic carbocycles. The summed E-state index contributed by atoms with van der Waals surface area (Å²) < 4.78 is 0. The van der Waals surface area contributed by atoms with E-state index in [4.69, 9.17) is 6.42 Å². The van der Waals surface area contributed by atoms with E-state index in [1.807, 2.05) is 0 Å². The molecule has 0 saturated heterocycles. The van der Waals surface area contributed by atoms with Crippen molar-refractivity contribution in [3.05, 3.63) is 19.1 Å². The van der Waals surface area contributed by atoms with Crippen LogP contribution < -0.4 is 0 Å². The Kier molecular flexibility index (Phi) is 3.80. The minimum Gasteiger partial charge on any atom is -0.120 e. The molecule has 0 bridgehead atoms. The van der Waals surface area contributed by atoms with Crippen LogP contribution >= 0.6 is 0 Å². The van der Waals surface area contributed by atoms with E-state index < -0.39 is 0 Å². The normalized spacial score (nSPS) is 6.50. The maximum atomic E-state index is 4.86. The lowest BCUT2D eigenvalue weighted by Crippen LogP contribution is -1.59. The van der Waals surface area contributed by atoms with Crippen molar-refractivity contribution in [2.75, 3.05) is 0 Å². The number of hydrogen-bond acceptors (Lipinski definition) is 0. The van der Waals surface area contributed by atoms with Crippen molar-refractivity contribution in [2.45, 2.75) is 6.42 Å². The van der Waals surface area contributed by atoms with Gasteiger partial charge >= 0.3 is 0 Å². The number of hydrogen-bond donors (Lipinski definition) is 0. The van der Waals surface area contributed by atoms with Gasteiger partial charge in [0.1, 0.15) is 0 Å². The smallest absolute Gasteiger partial charge is 0.0375 e. The lowest BCUT2D eigenvalue weighted by atomic mass is 10.3. The van der Waals surface area contributed by atoms with Gasteiger partial charge in [-0.15, -0.1) is 18.9 Å². The topological polar surface area (TPSA) is 0 Å². The van der Waals surface area contributed by atoms with E-state index >= 15 is 0 Å². The second-order valence-electron chi connectivity index (χ2n) is 0.895. The van der Waals surface area contributed by atoms with Crippen LogP contribution in [-0.2, 0) is 0 Å². The Morgan fingerprint density at radius 3 is 2.67 bits per heavy atom. The van der Waals surface area contributed by atoms with Crippen LogP contribution in [0.5, 0.6) is 0 Å². The summed E-state index contributed by atoms with van der Waals surface area (Å²) in [6.45, 7) is 3.47. The van der Waals surface area contributed by atoms with Crippen LogP contribution in [0.1, 0.15) is 6.42 Å². The molecule has 0 aliphatic heterocycles. The molecule has 0 fully saturated rings. The molecule has 0 nitrogen and oxygen atoms in total. The fourth-order valence-electron chi connectivity index (χ4n) is 0.151. The van der Waals surface area contributed by atoms with Gasteiger partial charge in [0.15, 0.2) is 0 Å². The van der Waals surface area contributed by atoms with Crippen molar-refractivity contribution >= 4 is 0 Å². The van der Waals surface area contributed by atoms with Crippen LogP contribution in [0.4, 0.5) is 0 Å². The minimum atomic E-state index is 0.816. The largest absolute Gasteiger partial charge is 0.120 e. The van der Waals surface area contributed by atoms with Gasteiger partial charge in [0.25, 0.3) is 0 Å². The second-order valence-corrected chi connectivity index (χ2v) is 0.895. The van der Waals surface area contributed by atoms with Crippen molar-refractivity contribution in [2.24, 2.45) is 0 Å². The second kappa shape index (κ2) is 4.30. The lowest BCUT2D eigenvalue weighted by Gasteiger charge is -1.72. The van der Waals surface area contributed by atoms with Crippen LogP contribution in [0.2, 0.25) is 0 Å². The molecule has 0 heterocycles. The number of allylic oxidation sites excluding steroid dienone is 1. The van der Waals surface area contributed by atoms with Crippen LogP contribution in [0.25, 0.3) is 0 Å². The van der Waals surface area contributed by atoms with Crippen LogP contribution in [0.3, 0.4) is 0 Å². The Bertz CT molecular complexity index is 64.6.